The number of nitrogens with zero attached hydrogens (tertiary/aromatic N) is 4. The lowest BCUT2D eigenvalue weighted by Crippen LogP contribution is -2.11. The van der Waals surface area contributed by atoms with E-state index in [1.54, 1.807) is 6.07 Å². The number of nitrogens with one attached hydrogen (secondary N) is 1. The molecule has 11 heteroatoms. The Labute approximate surface area is 142 Å². The summed E-state index contributed by atoms with van der Waals surface area (Å²) >= 11 is 5.67. The topological polar surface area (TPSA) is 91.4 Å². The van der Waals surface area contributed by atoms with Gasteiger partial charge in [0.1, 0.15) is 29.8 Å². The largest absolute Gasteiger partial charge is 0.440 e. The van der Waals surface area contributed by atoms with Crippen LogP contribution >= 0.6 is 11.6 Å². The number of aromatic nitrogens is 4. The molecule has 128 valence electrons. The molecular formula is C14H6ClF4N5O. The number of nitriles is 1. The number of benzene rings is 1. The fourth-order valence-electron chi connectivity index (χ4n) is 2.06. The predicted molar refractivity (Wildman–Crippen MR) is 76.8 cm³/mol. The summed E-state index contributed by atoms with van der Waals surface area (Å²) in [5.41, 5.74) is -0.452. The molecule has 1 aromatic carbocycles. The molecule has 25 heavy (non-hydrogen) atoms. The lowest BCUT2D eigenvalue weighted by molar-refractivity contribution is -0.129. The van der Waals surface area contributed by atoms with Crippen molar-refractivity contribution < 1.29 is 22.0 Å². The third-order valence-electron chi connectivity index (χ3n) is 3.11. The molecule has 1 N–H and O–H groups in total. The van der Waals surface area contributed by atoms with Gasteiger partial charge in [-0.3, -0.25) is 0 Å². The first kappa shape index (κ1) is 16.9. The first-order valence-corrected chi connectivity index (χ1v) is 6.99. The van der Waals surface area contributed by atoms with Crippen molar-refractivity contribution >= 4 is 11.6 Å². The molecule has 3 rings (SSSR count). The Bertz CT molecular complexity index is 972. The molecule has 2 aromatic heterocycles. The molecule has 0 amide bonds. The molecular weight excluding hydrogens is 366 g/mol. The highest BCUT2D eigenvalue weighted by atomic mass is 35.5. The van der Waals surface area contributed by atoms with E-state index in [2.05, 4.69) is 20.4 Å². The summed E-state index contributed by atoms with van der Waals surface area (Å²) < 4.78 is 56.9. The zero-order valence-corrected chi connectivity index (χ0v) is 12.8. The summed E-state index contributed by atoms with van der Waals surface area (Å²) in [5.74, 6) is -1.47. The highest BCUT2D eigenvalue weighted by molar-refractivity contribution is 6.31. The third-order valence-corrected chi connectivity index (χ3v) is 3.40. The number of hydrogen-bond acceptors (Lipinski definition) is 5. The van der Waals surface area contributed by atoms with Crippen molar-refractivity contribution in [2.45, 2.75) is 12.6 Å². The number of hydrogen-bond donors (Lipinski definition) is 1. The zero-order chi connectivity index (χ0) is 18.2. The maximum absolute atomic E-state index is 13.3. The van der Waals surface area contributed by atoms with Gasteiger partial charge < -0.3 is 4.42 Å². The van der Waals surface area contributed by atoms with Crippen LogP contribution in [0.5, 0.6) is 0 Å². The van der Waals surface area contributed by atoms with E-state index in [0.29, 0.717) is 0 Å². The molecule has 0 aliphatic carbocycles. The van der Waals surface area contributed by atoms with Crippen molar-refractivity contribution in [3.8, 4) is 28.9 Å². The van der Waals surface area contributed by atoms with E-state index < -0.39 is 24.2 Å². The highest BCUT2D eigenvalue weighted by Crippen LogP contribution is 2.34. The fraction of sp³-hybridized carbons (Fsp3) is 0.143. The average Bonchev–Trinajstić information content (AvgIpc) is 3.14. The highest BCUT2D eigenvalue weighted by Gasteiger charge is 2.34. The van der Waals surface area contributed by atoms with Gasteiger partial charge in [0, 0.05) is 5.56 Å². The first-order valence-electron chi connectivity index (χ1n) is 6.62. The summed E-state index contributed by atoms with van der Waals surface area (Å²) in [5, 5.41) is 18.0. The number of halogens is 5. The number of aromatic amines is 1. The molecule has 0 aliphatic heterocycles. The molecule has 0 atom stereocenters. The van der Waals surface area contributed by atoms with Crippen LogP contribution in [0, 0.1) is 17.1 Å². The van der Waals surface area contributed by atoms with E-state index in [1.807, 2.05) is 0 Å². The molecule has 0 saturated carbocycles. The maximum Gasteiger partial charge on any atom is 0.396 e. The molecule has 0 bridgehead atoms. The van der Waals surface area contributed by atoms with Crippen molar-refractivity contribution in [1.29, 1.82) is 5.26 Å². The van der Waals surface area contributed by atoms with E-state index in [9.17, 15) is 17.6 Å². The SMILES string of the molecule is N#Cc1[nH]nnc1-c1nc(-c2ccc(F)c(Cl)c2)oc1CC(F)(F)F. The quantitative estimate of drug-likeness (QED) is 0.705. The maximum atomic E-state index is 13.3. The fourth-order valence-corrected chi connectivity index (χ4v) is 2.24. The number of alkyl halides is 3. The molecule has 3 aromatic rings. The van der Waals surface area contributed by atoms with Gasteiger partial charge in [-0.2, -0.15) is 18.4 Å². The van der Waals surface area contributed by atoms with Gasteiger partial charge in [-0.1, -0.05) is 16.8 Å². The van der Waals surface area contributed by atoms with Gasteiger partial charge in [0.05, 0.1) is 5.02 Å². The van der Waals surface area contributed by atoms with Crippen molar-refractivity contribution in [1.82, 2.24) is 20.4 Å². The van der Waals surface area contributed by atoms with E-state index >= 15 is 0 Å². The Morgan fingerprint density at radius 1 is 1.28 bits per heavy atom. The number of H-pyrrole nitrogens is 1. The molecule has 0 saturated heterocycles. The lowest BCUT2D eigenvalue weighted by Gasteiger charge is -2.03. The summed E-state index contributed by atoms with van der Waals surface area (Å²) in [6.07, 6.45) is -6.01. The summed E-state index contributed by atoms with van der Waals surface area (Å²) in [4.78, 5) is 3.97. The van der Waals surface area contributed by atoms with Gasteiger partial charge in [-0.15, -0.1) is 5.10 Å². The van der Waals surface area contributed by atoms with Crippen LogP contribution in [0.15, 0.2) is 22.6 Å². The second-order valence-corrected chi connectivity index (χ2v) is 5.27. The minimum absolute atomic E-state index is 0.166. The number of rotatable bonds is 3. The van der Waals surface area contributed by atoms with E-state index in [4.69, 9.17) is 21.3 Å². The van der Waals surface area contributed by atoms with Gasteiger partial charge in [0.15, 0.2) is 11.4 Å². The Balaban J connectivity index is 2.15. The van der Waals surface area contributed by atoms with Gasteiger partial charge in [-0.25, -0.2) is 14.5 Å². The van der Waals surface area contributed by atoms with Crippen LogP contribution in [-0.2, 0) is 6.42 Å². The minimum atomic E-state index is -4.58. The zero-order valence-electron chi connectivity index (χ0n) is 12.0. The van der Waals surface area contributed by atoms with Crippen LogP contribution in [0.3, 0.4) is 0 Å². The van der Waals surface area contributed by atoms with Crippen LogP contribution in [0.4, 0.5) is 17.6 Å². The van der Waals surface area contributed by atoms with Crippen molar-refractivity contribution in [2.75, 3.05) is 0 Å². The minimum Gasteiger partial charge on any atom is -0.440 e. The summed E-state index contributed by atoms with van der Waals surface area (Å²) in [7, 11) is 0. The van der Waals surface area contributed by atoms with Crippen LogP contribution in [0.1, 0.15) is 11.5 Å². The first-order chi connectivity index (χ1) is 11.8. The monoisotopic (exact) mass is 371 g/mol. The molecule has 2 heterocycles. The molecule has 0 radical (unpaired) electrons. The smallest absolute Gasteiger partial charge is 0.396 e. The average molecular weight is 372 g/mol. The Morgan fingerprint density at radius 3 is 2.68 bits per heavy atom. The third kappa shape index (κ3) is 3.46. The number of oxazole rings is 1. The normalized spacial score (nSPS) is 11.5. The van der Waals surface area contributed by atoms with Gasteiger partial charge >= 0.3 is 6.18 Å². The Hall–Kier alpha value is -2.93. The van der Waals surface area contributed by atoms with E-state index in [0.717, 1.165) is 12.1 Å². The Kier molecular flexibility index (Phi) is 4.18. The lowest BCUT2D eigenvalue weighted by atomic mass is 10.2. The van der Waals surface area contributed by atoms with Gasteiger partial charge in [0.2, 0.25) is 5.89 Å². The molecule has 6 nitrogen and oxygen atoms in total. The second kappa shape index (κ2) is 6.18. The van der Waals surface area contributed by atoms with Crippen LogP contribution in [0.25, 0.3) is 22.8 Å². The van der Waals surface area contributed by atoms with Crippen molar-refractivity contribution in [3.63, 3.8) is 0 Å². The van der Waals surface area contributed by atoms with Gasteiger partial charge in [-0.05, 0) is 18.2 Å². The standard InChI is InChI=1S/C14H6ClF4N5O/c15-7-3-6(1-2-8(7)16)13-21-12(10(25-13)4-14(17,18)19)11-9(5-20)22-24-23-11/h1-3H,4H2,(H,22,23,24). The van der Waals surface area contributed by atoms with E-state index in [-0.39, 0.29) is 33.6 Å². The van der Waals surface area contributed by atoms with Crippen LogP contribution < -0.4 is 0 Å². The summed E-state index contributed by atoms with van der Waals surface area (Å²) in [6.45, 7) is 0. The molecule has 0 fully saturated rings. The Morgan fingerprint density at radius 2 is 2.04 bits per heavy atom. The second-order valence-electron chi connectivity index (χ2n) is 4.86. The molecule has 0 spiro atoms. The van der Waals surface area contributed by atoms with Crippen molar-refractivity contribution in [3.05, 3.63) is 40.5 Å². The van der Waals surface area contributed by atoms with Gasteiger partial charge in [0.25, 0.3) is 0 Å². The predicted octanol–water partition coefficient (Wildman–Crippen LogP) is 3.90. The van der Waals surface area contributed by atoms with Crippen LogP contribution in [0.2, 0.25) is 5.02 Å². The summed E-state index contributed by atoms with van der Waals surface area (Å²) in [6, 6.07) is 5.16. The van der Waals surface area contributed by atoms with Crippen LogP contribution in [-0.4, -0.2) is 26.6 Å². The molecule has 0 aliphatic rings. The molecule has 0 unspecified atom stereocenters. The van der Waals surface area contributed by atoms with Crippen molar-refractivity contribution in [2.24, 2.45) is 0 Å². The van der Waals surface area contributed by atoms with E-state index in [1.165, 1.54) is 6.07 Å².